The van der Waals surface area contributed by atoms with Gasteiger partial charge < -0.3 is 13.7 Å². The van der Waals surface area contributed by atoms with Crippen LogP contribution < -0.4 is 0 Å². The van der Waals surface area contributed by atoms with Crippen LogP contribution in [0.1, 0.15) is 0 Å². The normalized spacial score (nSPS) is 11.9. The molecular weight excluding hydrogens is 619 g/mol. The van der Waals surface area contributed by atoms with Crippen LogP contribution in [0, 0.1) is 0 Å². The maximum atomic E-state index is 2.49. The van der Waals surface area contributed by atoms with E-state index in [1.165, 1.54) is 76.5 Å². The van der Waals surface area contributed by atoms with Gasteiger partial charge >= 0.3 is 0 Å². The molecule has 0 saturated carbocycles. The highest BCUT2D eigenvalue weighted by Crippen LogP contribution is 2.44. The maximum absolute atomic E-state index is 2.49. The lowest BCUT2D eigenvalue weighted by atomic mass is 10.1. The highest BCUT2D eigenvalue weighted by atomic mass is 15.0. The minimum absolute atomic E-state index is 1.15. The zero-order valence-corrected chi connectivity index (χ0v) is 27.7. The Bertz CT molecular complexity index is 3090. The first-order valence-electron chi connectivity index (χ1n) is 17.5. The van der Waals surface area contributed by atoms with Crippen molar-refractivity contribution in [3.8, 4) is 28.2 Å². The molecule has 0 spiro atoms. The molecule has 3 heterocycles. The Kier molecular flexibility index (Phi) is 5.96. The van der Waals surface area contributed by atoms with Gasteiger partial charge in [-0.25, -0.2) is 0 Å². The second kappa shape index (κ2) is 10.8. The van der Waals surface area contributed by atoms with Crippen LogP contribution in [0.25, 0.3) is 93.6 Å². The first kappa shape index (κ1) is 28.0. The number of benzene rings is 8. The van der Waals surface area contributed by atoms with Crippen molar-refractivity contribution >= 4 is 65.4 Å². The van der Waals surface area contributed by atoms with E-state index < -0.39 is 0 Å². The molecule has 0 bridgehead atoms. The van der Waals surface area contributed by atoms with Crippen molar-refractivity contribution in [2.45, 2.75) is 0 Å². The van der Waals surface area contributed by atoms with Crippen LogP contribution in [0.3, 0.4) is 0 Å². The van der Waals surface area contributed by atoms with E-state index in [0.717, 1.165) is 17.1 Å². The molecule has 3 aromatic heterocycles. The van der Waals surface area contributed by atoms with Gasteiger partial charge in [-0.2, -0.15) is 0 Å². The highest BCUT2D eigenvalue weighted by molar-refractivity contribution is 6.28. The summed E-state index contributed by atoms with van der Waals surface area (Å²) in [4.78, 5) is 0. The van der Waals surface area contributed by atoms with E-state index in [-0.39, 0.29) is 0 Å². The van der Waals surface area contributed by atoms with Crippen molar-refractivity contribution in [1.82, 2.24) is 13.7 Å². The van der Waals surface area contributed by atoms with E-state index in [2.05, 4.69) is 202 Å². The van der Waals surface area contributed by atoms with Crippen LogP contribution in [0.15, 0.2) is 188 Å². The molecule has 11 rings (SSSR count). The number of nitrogens with zero attached hydrogens (tertiary/aromatic N) is 3. The van der Waals surface area contributed by atoms with Gasteiger partial charge in [0.2, 0.25) is 0 Å². The molecule has 0 atom stereocenters. The van der Waals surface area contributed by atoms with Crippen molar-refractivity contribution in [1.29, 1.82) is 0 Å². The van der Waals surface area contributed by atoms with E-state index in [0.29, 0.717) is 0 Å². The highest BCUT2D eigenvalue weighted by Gasteiger charge is 2.23. The number of para-hydroxylation sites is 4. The SMILES string of the molecule is c1ccc(-c2ccc(-n3c4ccccc4c4cc5c6ccc7c(c8ccccc8n7-c7ccccc7)c6n(-c6ccccc6)c5cc43)cc2)cc1. The molecule has 0 aliphatic heterocycles. The fourth-order valence-corrected chi connectivity index (χ4v) is 8.43. The molecule has 0 amide bonds. The molecule has 0 aliphatic carbocycles. The van der Waals surface area contributed by atoms with Crippen molar-refractivity contribution in [2.24, 2.45) is 0 Å². The molecule has 8 aromatic carbocycles. The average molecular weight is 650 g/mol. The average Bonchev–Trinajstić information content (AvgIpc) is 3.83. The zero-order chi connectivity index (χ0) is 33.5. The van der Waals surface area contributed by atoms with Gasteiger partial charge in [0.05, 0.1) is 33.1 Å². The van der Waals surface area contributed by atoms with Crippen LogP contribution >= 0.6 is 0 Å². The molecule has 0 radical (unpaired) electrons. The van der Waals surface area contributed by atoms with Crippen LogP contribution in [0.5, 0.6) is 0 Å². The fourth-order valence-electron chi connectivity index (χ4n) is 8.43. The summed E-state index contributed by atoms with van der Waals surface area (Å²) in [6.07, 6.45) is 0. The van der Waals surface area contributed by atoms with Gasteiger partial charge in [0, 0.05) is 49.4 Å². The van der Waals surface area contributed by atoms with Gasteiger partial charge in [-0.3, -0.25) is 0 Å². The first-order valence-corrected chi connectivity index (χ1v) is 17.5. The minimum atomic E-state index is 1.15. The Morgan fingerprint density at radius 3 is 1.45 bits per heavy atom. The lowest BCUT2D eigenvalue weighted by Crippen LogP contribution is -1.96. The predicted molar refractivity (Wildman–Crippen MR) is 215 cm³/mol. The van der Waals surface area contributed by atoms with Gasteiger partial charge in [-0.1, -0.05) is 121 Å². The Morgan fingerprint density at radius 2 is 0.745 bits per heavy atom. The fraction of sp³-hybridized carbons (Fsp3) is 0. The Labute approximate surface area is 294 Å². The van der Waals surface area contributed by atoms with E-state index in [4.69, 9.17) is 0 Å². The molecule has 0 saturated heterocycles. The van der Waals surface area contributed by atoms with Crippen molar-refractivity contribution < 1.29 is 0 Å². The summed E-state index contributed by atoms with van der Waals surface area (Å²) in [6.45, 7) is 0. The third-order valence-corrected chi connectivity index (χ3v) is 10.6. The standard InChI is InChI=1S/C48H31N3/c1-4-14-32(15-5-1)33-24-26-36(27-25-33)50-42-22-12-10-20-37(42)40-30-41-38-28-29-44-47(39-21-11-13-23-43(39)49(44)34-16-6-2-7-17-34)48(38)51(46(41)31-45(40)50)35-18-8-3-9-19-35/h1-31H. The Morgan fingerprint density at radius 1 is 0.255 bits per heavy atom. The summed E-state index contributed by atoms with van der Waals surface area (Å²) < 4.78 is 7.34. The molecule has 3 heteroatoms. The Balaban J connectivity index is 1.27. The predicted octanol–water partition coefficient (Wildman–Crippen LogP) is 12.6. The molecule has 11 aromatic rings. The van der Waals surface area contributed by atoms with E-state index >= 15 is 0 Å². The third-order valence-electron chi connectivity index (χ3n) is 10.6. The smallest absolute Gasteiger partial charge is 0.0641 e. The summed E-state index contributed by atoms with van der Waals surface area (Å²) in [5.74, 6) is 0. The van der Waals surface area contributed by atoms with Gasteiger partial charge in [0.15, 0.2) is 0 Å². The summed E-state index contributed by atoms with van der Waals surface area (Å²) in [7, 11) is 0. The topological polar surface area (TPSA) is 14.8 Å². The molecular formula is C48H31N3. The molecule has 0 aliphatic rings. The van der Waals surface area contributed by atoms with Crippen LogP contribution in [0.4, 0.5) is 0 Å². The molecule has 0 N–H and O–H groups in total. The maximum Gasteiger partial charge on any atom is 0.0641 e. The summed E-state index contributed by atoms with van der Waals surface area (Å²) in [5.41, 5.74) is 13.1. The zero-order valence-electron chi connectivity index (χ0n) is 27.7. The molecule has 238 valence electrons. The monoisotopic (exact) mass is 649 g/mol. The molecule has 3 nitrogen and oxygen atoms in total. The van der Waals surface area contributed by atoms with Crippen molar-refractivity contribution in [3.05, 3.63) is 188 Å². The lowest BCUT2D eigenvalue weighted by Gasteiger charge is -2.11. The van der Waals surface area contributed by atoms with E-state index in [9.17, 15) is 0 Å². The van der Waals surface area contributed by atoms with Gasteiger partial charge in [0.1, 0.15) is 0 Å². The van der Waals surface area contributed by atoms with Crippen molar-refractivity contribution in [2.75, 3.05) is 0 Å². The number of hydrogen-bond donors (Lipinski definition) is 0. The second-order valence-corrected chi connectivity index (χ2v) is 13.4. The molecule has 51 heavy (non-hydrogen) atoms. The lowest BCUT2D eigenvalue weighted by molar-refractivity contribution is 1.17. The summed E-state index contributed by atoms with van der Waals surface area (Å²) in [5, 5.41) is 7.53. The number of hydrogen-bond acceptors (Lipinski definition) is 0. The van der Waals surface area contributed by atoms with Crippen LogP contribution in [-0.2, 0) is 0 Å². The minimum Gasteiger partial charge on any atom is -0.309 e. The van der Waals surface area contributed by atoms with Gasteiger partial charge in [-0.05, 0) is 77.9 Å². The van der Waals surface area contributed by atoms with Crippen LogP contribution in [-0.4, -0.2) is 13.7 Å². The van der Waals surface area contributed by atoms with Crippen molar-refractivity contribution in [3.63, 3.8) is 0 Å². The summed E-state index contributed by atoms with van der Waals surface area (Å²) >= 11 is 0. The summed E-state index contributed by atoms with van der Waals surface area (Å²) in [6, 6.07) is 68.3. The quantitative estimate of drug-likeness (QED) is 0.180. The van der Waals surface area contributed by atoms with Gasteiger partial charge in [-0.15, -0.1) is 0 Å². The molecule has 0 unspecified atom stereocenters. The Hall–Kier alpha value is -6.84. The number of fused-ring (bicyclic) bond motifs is 10. The number of aromatic nitrogens is 3. The second-order valence-electron chi connectivity index (χ2n) is 13.4. The van der Waals surface area contributed by atoms with E-state index in [1.54, 1.807) is 0 Å². The largest absolute Gasteiger partial charge is 0.309 e. The number of rotatable bonds is 4. The third kappa shape index (κ3) is 4.06. The molecule has 0 fully saturated rings. The van der Waals surface area contributed by atoms with Crippen LogP contribution in [0.2, 0.25) is 0 Å². The van der Waals surface area contributed by atoms with Gasteiger partial charge in [0.25, 0.3) is 0 Å². The van der Waals surface area contributed by atoms with E-state index in [1.807, 2.05) is 0 Å². The first-order chi connectivity index (χ1) is 25.3.